The Morgan fingerprint density at radius 2 is 1.57 bits per heavy atom. The summed E-state index contributed by atoms with van der Waals surface area (Å²) in [6.45, 7) is 2.63. The van der Waals surface area contributed by atoms with E-state index in [9.17, 15) is 8.42 Å². The zero-order chi connectivity index (χ0) is 16.5. The summed E-state index contributed by atoms with van der Waals surface area (Å²) in [7, 11) is -3.45. The van der Waals surface area contributed by atoms with Crippen LogP contribution in [0.2, 0.25) is 0 Å². The Kier molecular flexibility index (Phi) is 7.56. The van der Waals surface area contributed by atoms with Crippen molar-refractivity contribution in [2.45, 2.75) is 95.0 Å². The van der Waals surface area contributed by atoms with Crippen LogP contribution < -0.4 is 4.72 Å². The van der Waals surface area contributed by atoms with E-state index in [0.717, 1.165) is 25.7 Å². The van der Waals surface area contributed by atoms with Crippen LogP contribution in [0.5, 0.6) is 0 Å². The van der Waals surface area contributed by atoms with Gasteiger partial charge in [-0.25, -0.2) is 13.1 Å². The summed E-state index contributed by atoms with van der Waals surface area (Å²) >= 11 is 0. The normalized spacial score (nSPS) is 19.9. The lowest BCUT2D eigenvalue weighted by Crippen LogP contribution is -2.34. The highest BCUT2D eigenvalue weighted by molar-refractivity contribution is 7.89. The van der Waals surface area contributed by atoms with Crippen LogP contribution in [-0.4, -0.2) is 24.2 Å². The molecule has 0 spiro atoms. The number of rotatable bonds is 4. The SMILES string of the molecule is CCn1cc(S(=O)(=O)NC2CCCCCCCCCCC2)cn1. The summed E-state index contributed by atoms with van der Waals surface area (Å²) in [5.41, 5.74) is 0. The molecule has 1 aromatic rings. The van der Waals surface area contributed by atoms with Crippen molar-refractivity contribution < 1.29 is 8.42 Å². The van der Waals surface area contributed by atoms with Crippen molar-refractivity contribution >= 4 is 10.0 Å². The van der Waals surface area contributed by atoms with Gasteiger partial charge in [0.2, 0.25) is 10.0 Å². The molecule has 1 aliphatic rings. The van der Waals surface area contributed by atoms with Crippen molar-refractivity contribution in [2.24, 2.45) is 0 Å². The second-order valence-electron chi connectivity index (χ2n) is 6.61. The highest BCUT2D eigenvalue weighted by Gasteiger charge is 2.21. The number of nitrogens with zero attached hydrogens (tertiary/aromatic N) is 2. The number of aromatic nitrogens is 2. The standard InChI is InChI=1S/C17H31N3O2S/c1-2-20-15-17(14-18-20)23(21,22)19-16-12-10-8-6-4-3-5-7-9-11-13-16/h14-16,19H,2-13H2,1H3. The highest BCUT2D eigenvalue weighted by atomic mass is 32.2. The van der Waals surface area contributed by atoms with Crippen molar-refractivity contribution in [3.8, 4) is 0 Å². The highest BCUT2D eigenvalue weighted by Crippen LogP contribution is 2.18. The second kappa shape index (κ2) is 9.42. The molecule has 0 amide bonds. The summed E-state index contributed by atoms with van der Waals surface area (Å²) < 4.78 is 29.6. The topological polar surface area (TPSA) is 64.0 Å². The molecule has 0 aromatic carbocycles. The summed E-state index contributed by atoms with van der Waals surface area (Å²) in [5.74, 6) is 0. The third-order valence-corrected chi connectivity index (χ3v) is 6.15. The van der Waals surface area contributed by atoms with Gasteiger partial charge >= 0.3 is 0 Å². The number of aryl methyl sites for hydroxylation is 1. The Hall–Kier alpha value is -0.880. The molecule has 132 valence electrons. The van der Waals surface area contributed by atoms with Gasteiger partial charge in [0.15, 0.2) is 0 Å². The largest absolute Gasteiger partial charge is 0.272 e. The Morgan fingerprint density at radius 1 is 1.04 bits per heavy atom. The summed E-state index contributed by atoms with van der Waals surface area (Å²) in [6, 6.07) is 0.0596. The third kappa shape index (κ3) is 6.26. The molecule has 0 unspecified atom stereocenters. The number of nitrogens with one attached hydrogen (secondary N) is 1. The minimum atomic E-state index is -3.45. The summed E-state index contributed by atoms with van der Waals surface area (Å²) in [4.78, 5) is 0.283. The van der Waals surface area contributed by atoms with E-state index in [4.69, 9.17) is 0 Å². The van der Waals surface area contributed by atoms with Gasteiger partial charge in [-0.1, -0.05) is 57.8 Å². The van der Waals surface area contributed by atoms with Crippen molar-refractivity contribution in [1.29, 1.82) is 0 Å². The fraction of sp³-hybridized carbons (Fsp3) is 0.824. The minimum absolute atomic E-state index is 0.0596. The van der Waals surface area contributed by atoms with Gasteiger partial charge in [0.05, 0.1) is 6.20 Å². The first-order valence-corrected chi connectivity index (χ1v) is 10.6. The molecule has 5 nitrogen and oxygen atoms in total. The average molecular weight is 342 g/mol. The van der Waals surface area contributed by atoms with Gasteiger partial charge in [-0.15, -0.1) is 0 Å². The maximum atomic E-state index is 12.5. The van der Waals surface area contributed by atoms with Crippen molar-refractivity contribution in [1.82, 2.24) is 14.5 Å². The van der Waals surface area contributed by atoms with E-state index in [1.807, 2.05) is 6.92 Å². The van der Waals surface area contributed by atoms with Crippen LogP contribution in [0.1, 0.15) is 77.6 Å². The molecule has 1 heterocycles. The van der Waals surface area contributed by atoms with E-state index in [1.54, 1.807) is 10.9 Å². The first kappa shape index (κ1) is 18.5. The summed E-state index contributed by atoms with van der Waals surface area (Å²) in [6.07, 6.45) is 16.2. The minimum Gasteiger partial charge on any atom is -0.272 e. The predicted molar refractivity (Wildman–Crippen MR) is 92.8 cm³/mol. The van der Waals surface area contributed by atoms with E-state index < -0.39 is 10.0 Å². The Labute approximate surface area is 140 Å². The van der Waals surface area contributed by atoms with E-state index in [2.05, 4.69) is 9.82 Å². The van der Waals surface area contributed by atoms with Gasteiger partial charge in [0.25, 0.3) is 0 Å². The molecule has 6 heteroatoms. The quantitative estimate of drug-likeness (QED) is 0.904. The lowest BCUT2D eigenvalue weighted by atomic mass is 9.98. The van der Waals surface area contributed by atoms with Crippen LogP contribution in [0.4, 0.5) is 0 Å². The van der Waals surface area contributed by atoms with Crippen molar-refractivity contribution in [3.05, 3.63) is 12.4 Å². The molecule has 1 N–H and O–H groups in total. The van der Waals surface area contributed by atoms with E-state index >= 15 is 0 Å². The summed E-state index contributed by atoms with van der Waals surface area (Å²) in [5, 5.41) is 4.08. The van der Waals surface area contributed by atoms with Crippen LogP contribution in [0, 0.1) is 0 Å². The second-order valence-corrected chi connectivity index (χ2v) is 8.32. The molecule has 0 atom stereocenters. The molecule has 1 fully saturated rings. The predicted octanol–water partition coefficient (Wildman–Crippen LogP) is 3.85. The molecule has 0 bridgehead atoms. The molecule has 0 saturated heterocycles. The molecule has 1 aromatic heterocycles. The van der Waals surface area contributed by atoms with Crippen LogP contribution in [0.25, 0.3) is 0 Å². The lowest BCUT2D eigenvalue weighted by Gasteiger charge is -2.19. The molecule has 1 saturated carbocycles. The first-order valence-electron chi connectivity index (χ1n) is 9.16. The zero-order valence-electron chi connectivity index (χ0n) is 14.3. The Morgan fingerprint density at radius 3 is 2.04 bits per heavy atom. The smallest absolute Gasteiger partial charge is 0.243 e. The molecule has 2 rings (SSSR count). The molecular weight excluding hydrogens is 310 g/mol. The van der Waals surface area contributed by atoms with Crippen LogP contribution >= 0.6 is 0 Å². The van der Waals surface area contributed by atoms with Crippen LogP contribution in [-0.2, 0) is 16.6 Å². The molecule has 0 radical (unpaired) electrons. The molecule has 23 heavy (non-hydrogen) atoms. The monoisotopic (exact) mass is 341 g/mol. The first-order chi connectivity index (χ1) is 11.1. The molecular formula is C17H31N3O2S. The van der Waals surface area contributed by atoms with E-state index in [1.165, 1.54) is 51.1 Å². The van der Waals surface area contributed by atoms with Gasteiger partial charge in [-0.2, -0.15) is 5.10 Å². The zero-order valence-corrected chi connectivity index (χ0v) is 15.2. The van der Waals surface area contributed by atoms with Crippen LogP contribution in [0.3, 0.4) is 0 Å². The van der Waals surface area contributed by atoms with Crippen LogP contribution in [0.15, 0.2) is 17.3 Å². The average Bonchev–Trinajstić information content (AvgIpc) is 3.00. The Bertz CT molecular complexity index is 542. The fourth-order valence-electron chi connectivity index (χ4n) is 3.22. The van der Waals surface area contributed by atoms with Crippen molar-refractivity contribution in [3.63, 3.8) is 0 Å². The van der Waals surface area contributed by atoms with Gasteiger partial charge in [-0.05, 0) is 19.8 Å². The number of sulfonamides is 1. The maximum Gasteiger partial charge on any atom is 0.243 e. The fourth-order valence-corrected chi connectivity index (χ4v) is 4.48. The third-order valence-electron chi connectivity index (χ3n) is 4.67. The molecule has 0 aliphatic heterocycles. The van der Waals surface area contributed by atoms with Gasteiger partial charge in [0.1, 0.15) is 4.90 Å². The lowest BCUT2D eigenvalue weighted by molar-refractivity contribution is 0.440. The Balaban J connectivity index is 1.95. The molecule has 1 aliphatic carbocycles. The number of hydrogen-bond donors (Lipinski definition) is 1. The maximum absolute atomic E-state index is 12.5. The van der Waals surface area contributed by atoms with E-state index in [-0.39, 0.29) is 10.9 Å². The van der Waals surface area contributed by atoms with Gasteiger partial charge in [0, 0.05) is 18.8 Å². The van der Waals surface area contributed by atoms with Gasteiger partial charge < -0.3 is 0 Å². The number of hydrogen-bond acceptors (Lipinski definition) is 3. The van der Waals surface area contributed by atoms with Crippen molar-refractivity contribution in [2.75, 3.05) is 0 Å². The van der Waals surface area contributed by atoms with Gasteiger partial charge in [-0.3, -0.25) is 4.68 Å². The van der Waals surface area contributed by atoms with E-state index in [0.29, 0.717) is 6.54 Å².